The Morgan fingerprint density at radius 2 is 1.94 bits per heavy atom. The van der Waals surface area contributed by atoms with Crippen LogP contribution in [0.1, 0.15) is 60.5 Å². The van der Waals surface area contributed by atoms with E-state index in [1.807, 2.05) is 18.2 Å². The molecule has 2 aromatic heterocycles. The number of hydrogen-bond acceptors (Lipinski definition) is 4. The van der Waals surface area contributed by atoms with E-state index >= 15 is 0 Å². The molecule has 0 saturated heterocycles. The molecule has 0 atom stereocenters. The number of benzene rings is 2. The van der Waals surface area contributed by atoms with Crippen molar-refractivity contribution in [2.75, 3.05) is 5.32 Å². The fourth-order valence-electron chi connectivity index (χ4n) is 4.97. The third-order valence-corrected chi connectivity index (χ3v) is 7.99. The lowest BCUT2D eigenvalue weighted by molar-refractivity contribution is 0.0699. The maximum Gasteiger partial charge on any atom is 0.336 e. The van der Waals surface area contributed by atoms with Gasteiger partial charge in [-0.25, -0.2) is 9.78 Å². The average Bonchev–Trinajstić information content (AvgIpc) is 3.16. The maximum absolute atomic E-state index is 12.4. The van der Waals surface area contributed by atoms with Crippen LogP contribution in [0.3, 0.4) is 0 Å². The number of anilines is 1. The first kappa shape index (κ1) is 21.0. The van der Waals surface area contributed by atoms with E-state index in [2.05, 4.69) is 37.4 Å². The second-order valence-corrected chi connectivity index (χ2v) is 9.79. The van der Waals surface area contributed by atoms with Gasteiger partial charge >= 0.3 is 5.97 Å². The molecule has 164 valence electrons. The molecule has 2 N–H and O–H groups in total. The fraction of sp³-hybridized carbons (Fsp3) is 0.333. The third-order valence-electron chi connectivity index (χ3n) is 6.70. The van der Waals surface area contributed by atoms with E-state index in [0.717, 1.165) is 57.6 Å². The second kappa shape index (κ2) is 8.55. The van der Waals surface area contributed by atoms with Crippen LogP contribution in [0, 0.1) is 6.92 Å². The first-order valence-electron chi connectivity index (χ1n) is 11.5. The van der Waals surface area contributed by atoms with Gasteiger partial charge in [0.25, 0.3) is 0 Å². The smallest absolute Gasteiger partial charge is 0.336 e. The number of thiophene rings is 1. The standard InChI is InChI=1S/C27H28N2O2S/c1-3-17-13-14-21(28-18-9-5-4-6-10-18)24-20(27(30)31)15-22(29-25(17)24)26-16(2)19-11-7-8-12-23(19)32-26/h7-8,11-15,18,28H,3-6,9-10H2,1-2H3,(H,30,31). The molecular weight excluding hydrogens is 416 g/mol. The number of carboxylic acid groups (broad SMARTS) is 1. The summed E-state index contributed by atoms with van der Waals surface area (Å²) in [6.45, 7) is 4.20. The Hall–Kier alpha value is -2.92. The third kappa shape index (κ3) is 3.65. The van der Waals surface area contributed by atoms with E-state index in [9.17, 15) is 9.90 Å². The zero-order chi connectivity index (χ0) is 22.2. The number of fused-ring (bicyclic) bond motifs is 2. The number of rotatable bonds is 5. The molecule has 4 aromatic rings. The SMILES string of the molecule is CCc1ccc(NC2CCCCC2)c2c(C(=O)O)cc(-c3sc4ccccc4c3C)nc12. The van der Waals surface area contributed by atoms with Gasteiger partial charge in [-0.15, -0.1) is 11.3 Å². The topological polar surface area (TPSA) is 62.2 Å². The van der Waals surface area contributed by atoms with Crippen molar-refractivity contribution in [1.82, 2.24) is 4.98 Å². The van der Waals surface area contributed by atoms with Crippen LogP contribution in [-0.2, 0) is 6.42 Å². The molecule has 4 nitrogen and oxygen atoms in total. The Morgan fingerprint density at radius 1 is 1.16 bits per heavy atom. The predicted molar refractivity (Wildman–Crippen MR) is 134 cm³/mol. The van der Waals surface area contributed by atoms with Gasteiger partial charge in [0.15, 0.2) is 0 Å². The van der Waals surface area contributed by atoms with Crippen LogP contribution in [0.5, 0.6) is 0 Å². The number of carbonyl (C=O) groups is 1. The summed E-state index contributed by atoms with van der Waals surface area (Å²) in [7, 11) is 0. The number of aryl methyl sites for hydroxylation is 2. The lowest BCUT2D eigenvalue weighted by Gasteiger charge is -2.25. The van der Waals surface area contributed by atoms with Crippen LogP contribution >= 0.6 is 11.3 Å². The lowest BCUT2D eigenvalue weighted by Crippen LogP contribution is -2.22. The summed E-state index contributed by atoms with van der Waals surface area (Å²) >= 11 is 1.68. The maximum atomic E-state index is 12.4. The highest BCUT2D eigenvalue weighted by Gasteiger charge is 2.22. The summed E-state index contributed by atoms with van der Waals surface area (Å²) in [6, 6.07) is 14.6. The monoisotopic (exact) mass is 444 g/mol. The van der Waals surface area contributed by atoms with Gasteiger partial charge in [0.2, 0.25) is 0 Å². The summed E-state index contributed by atoms with van der Waals surface area (Å²) in [6.07, 6.45) is 6.80. The lowest BCUT2D eigenvalue weighted by atomic mass is 9.94. The Labute approximate surface area is 192 Å². The van der Waals surface area contributed by atoms with Crippen molar-refractivity contribution in [2.24, 2.45) is 0 Å². The Bertz CT molecular complexity index is 1320. The van der Waals surface area contributed by atoms with Gasteiger partial charge in [-0.05, 0) is 60.9 Å². The Balaban J connectivity index is 1.73. The summed E-state index contributed by atoms with van der Waals surface area (Å²) in [5.74, 6) is -0.905. The van der Waals surface area contributed by atoms with Gasteiger partial charge in [0.05, 0.1) is 21.7 Å². The minimum atomic E-state index is -0.905. The fourth-order valence-corrected chi connectivity index (χ4v) is 6.14. The van der Waals surface area contributed by atoms with Gasteiger partial charge in [-0.2, -0.15) is 0 Å². The van der Waals surface area contributed by atoms with Crippen molar-refractivity contribution in [2.45, 2.75) is 58.4 Å². The van der Waals surface area contributed by atoms with Crippen LogP contribution in [0.15, 0.2) is 42.5 Å². The number of nitrogens with one attached hydrogen (secondary N) is 1. The molecular formula is C27H28N2O2S. The van der Waals surface area contributed by atoms with Gasteiger partial charge in [0.1, 0.15) is 0 Å². The van der Waals surface area contributed by atoms with Crippen LogP contribution in [0.25, 0.3) is 31.6 Å². The number of carboxylic acids is 1. The van der Waals surface area contributed by atoms with Crippen molar-refractivity contribution in [3.05, 3.63) is 59.2 Å². The second-order valence-electron chi connectivity index (χ2n) is 8.74. The molecule has 1 saturated carbocycles. The Morgan fingerprint density at radius 3 is 2.66 bits per heavy atom. The van der Waals surface area contributed by atoms with Crippen LogP contribution in [-0.4, -0.2) is 22.1 Å². The molecule has 1 aliphatic rings. The van der Waals surface area contributed by atoms with E-state index in [-0.39, 0.29) is 0 Å². The quantitative estimate of drug-likeness (QED) is 0.336. The van der Waals surface area contributed by atoms with Crippen molar-refractivity contribution in [3.63, 3.8) is 0 Å². The van der Waals surface area contributed by atoms with E-state index in [4.69, 9.17) is 4.98 Å². The molecule has 0 bridgehead atoms. The highest BCUT2D eigenvalue weighted by molar-refractivity contribution is 7.22. The van der Waals surface area contributed by atoms with E-state index in [1.165, 1.54) is 29.3 Å². The summed E-state index contributed by atoms with van der Waals surface area (Å²) < 4.78 is 1.20. The predicted octanol–water partition coefficient (Wildman–Crippen LogP) is 7.43. The molecule has 5 heteroatoms. The highest BCUT2D eigenvalue weighted by Crippen LogP contribution is 2.40. The molecule has 1 aliphatic carbocycles. The molecule has 2 heterocycles. The van der Waals surface area contributed by atoms with Gasteiger partial charge < -0.3 is 10.4 Å². The van der Waals surface area contributed by atoms with Crippen LogP contribution < -0.4 is 5.32 Å². The van der Waals surface area contributed by atoms with Crippen molar-refractivity contribution in [1.29, 1.82) is 0 Å². The van der Waals surface area contributed by atoms with E-state index in [0.29, 0.717) is 11.6 Å². The largest absolute Gasteiger partial charge is 0.478 e. The minimum absolute atomic E-state index is 0.329. The molecule has 0 unspecified atom stereocenters. The number of aromatic nitrogens is 1. The summed E-state index contributed by atoms with van der Waals surface area (Å²) in [5, 5.41) is 15.8. The zero-order valence-corrected chi connectivity index (χ0v) is 19.4. The van der Waals surface area contributed by atoms with Crippen LogP contribution in [0.4, 0.5) is 5.69 Å². The summed E-state index contributed by atoms with van der Waals surface area (Å²) in [4.78, 5) is 18.6. The van der Waals surface area contributed by atoms with Crippen molar-refractivity contribution in [3.8, 4) is 10.6 Å². The molecule has 1 fully saturated rings. The van der Waals surface area contributed by atoms with E-state index < -0.39 is 5.97 Å². The first-order chi connectivity index (χ1) is 15.6. The zero-order valence-electron chi connectivity index (χ0n) is 18.6. The number of nitrogens with zero attached hydrogens (tertiary/aromatic N) is 1. The van der Waals surface area contributed by atoms with Crippen molar-refractivity contribution >= 4 is 44.0 Å². The van der Waals surface area contributed by atoms with Gasteiger partial charge in [0, 0.05) is 21.8 Å². The number of pyridine rings is 1. The van der Waals surface area contributed by atoms with Crippen LogP contribution in [0.2, 0.25) is 0 Å². The molecule has 5 rings (SSSR count). The normalized spacial score (nSPS) is 14.8. The minimum Gasteiger partial charge on any atom is -0.478 e. The van der Waals surface area contributed by atoms with E-state index in [1.54, 1.807) is 17.4 Å². The summed E-state index contributed by atoms with van der Waals surface area (Å²) in [5.41, 5.74) is 5.02. The Kier molecular flexibility index (Phi) is 5.60. The molecule has 2 aromatic carbocycles. The average molecular weight is 445 g/mol. The molecule has 0 amide bonds. The number of aromatic carboxylic acids is 1. The number of hydrogen-bond donors (Lipinski definition) is 2. The van der Waals surface area contributed by atoms with Gasteiger partial charge in [-0.3, -0.25) is 0 Å². The molecule has 0 radical (unpaired) electrons. The van der Waals surface area contributed by atoms with Crippen molar-refractivity contribution < 1.29 is 9.90 Å². The van der Waals surface area contributed by atoms with Gasteiger partial charge in [-0.1, -0.05) is 50.5 Å². The first-order valence-corrected chi connectivity index (χ1v) is 12.3. The molecule has 0 spiro atoms. The molecule has 32 heavy (non-hydrogen) atoms. The molecule has 0 aliphatic heterocycles. The highest BCUT2D eigenvalue weighted by atomic mass is 32.1.